The number of carbonyl (C=O) groups is 2. The summed E-state index contributed by atoms with van der Waals surface area (Å²) in [4.78, 5) is 25.5. The molecule has 2 N–H and O–H groups in total. The Morgan fingerprint density at radius 2 is 1.95 bits per heavy atom. The van der Waals surface area contributed by atoms with Gasteiger partial charge in [-0.15, -0.1) is 0 Å². The molecule has 1 saturated carbocycles. The SMILES string of the molecule is COC1CCN(C(=O)NC2(C(=O)O)CCC(C)CC2)C1. The number of methoxy groups -OCH3 is 1. The van der Waals surface area contributed by atoms with Gasteiger partial charge in [-0.25, -0.2) is 9.59 Å². The highest BCUT2D eigenvalue weighted by Gasteiger charge is 2.43. The molecule has 0 radical (unpaired) electrons. The predicted octanol–water partition coefficient (Wildman–Crippen LogP) is 1.45. The minimum atomic E-state index is -1.09. The number of likely N-dealkylation sites (tertiary alicyclic amines) is 1. The molecule has 2 aliphatic rings. The molecule has 2 rings (SSSR count). The summed E-state index contributed by atoms with van der Waals surface area (Å²) in [5.41, 5.74) is -1.09. The van der Waals surface area contributed by atoms with Gasteiger partial charge in [-0.05, 0) is 38.0 Å². The van der Waals surface area contributed by atoms with Crippen molar-refractivity contribution in [1.82, 2.24) is 10.2 Å². The first kappa shape index (κ1) is 15.1. The van der Waals surface area contributed by atoms with Gasteiger partial charge in [0.15, 0.2) is 0 Å². The fraction of sp³-hybridized carbons (Fsp3) is 0.857. The fourth-order valence-electron chi connectivity index (χ4n) is 3.04. The maximum absolute atomic E-state index is 12.3. The molecule has 1 aliphatic carbocycles. The van der Waals surface area contributed by atoms with Gasteiger partial charge in [-0.2, -0.15) is 0 Å². The lowest BCUT2D eigenvalue weighted by atomic mass is 9.77. The molecule has 0 bridgehead atoms. The van der Waals surface area contributed by atoms with Crippen LogP contribution in [0.15, 0.2) is 0 Å². The Bertz CT molecular complexity index is 377. The van der Waals surface area contributed by atoms with Gasteiger partial charge in [-0.3, -0.25) is 0 Å². The van der Waals surface area contributed by atoms with E-state index < -0.39 is 11.5 Å². The molecule has 1 aliphatic heterocycles. The molecular weight excluding hydrogens is 260 g/mol. The monoisotopic (exact) mass is 284 g/mol. The van der Waals surface area contributed by atoms with E-state index in [1.54, 1.807) is 12.0 Å². The highest BCUT2D eigenvalue weighted by Crippen LogP contribution is 2.32. The molecule has 6 heteroatoms. The van der Waals surface area contributed by atoms with E-state index in [9.17, 15) is 14.7 Å². The van der Waals surface area contributed by atoms with Crippen molar-refractivity contribution >= 4 is 12.0 Å². The van der Waals surface area contributed by atoms with Crippen LogP contribution in [0, 0.1) is 5.92 Å². The smallest absolute Gasteiger partial charge is 0.329 e. The number of carbonyl (C=O) groups excluding carboxylic acids is 1. The Labute approximate surface area is 119 Å². The largest absolute Gasteiger partial charge is 0.480 e. The lowest BCUT2D eigenvalue weighted by Gasteiger charge is -2.37. The minimum absolute atomic E-state index is 0.0629. The van der Waals surface area contributed by atoms with Crippen LogP contribution in [0.5, 0.6) is 0 Å². The second kappa shape index (κ2) is 5.99. The zero-order valence-electron chi connectivity index (χ0n) is 12.2. The van der Waals surface area contributed by atoms with Crippen LogP contribution in [-0.2, 0) is 9.53 Å². The Morgan fingerprint density at radius 3 is 2.45 bits per heavy atom. The number of hydrogen-bond acceptors (Lipinski definition) is 3. The number of ether oxygens (including phenoxy) is 1. The second-order valence-corrected chi connectivity index (χ2v) is 6.09. The van der Waals surface area contributed by atoms with E-state index in [1.807, 2.05) is 0 Å². The summed E-state index contributed by atoms with van der Waals surface area (Å²) >= 11 is 0. The average Bonchev–Trinajstić information content (AvgIpc) is 2.90. The van der Waals surface area contributed by atoms with Gasteiger partial charge >= 0.3 is 12.0 Å². The molecule has 0 aromatic rings. The standard InChI is InChI=1S/C14H24N2O4/c1-10-3-6-14(7-4-10,12(17)18)15-13(19)16-8-5-11(9-16)20-2/h10-11H,3-9H2,1-2H3,(H,15,19)(H,17,18). The number of nitrogens with one attached hydrogen (secondary N) is 1. The number of aliphatic carboxylic acids is 1. The Kier molecular flexibility index (Phi) is 4.52. The average molecular weight is 284 g/mol. The van der Waals surface area contributed by atoms with Gasteiger partial charge in [0.05, 0.1) is 6.10 Å². The van der Waals surface area contributed by atoms with Crippen LogP contribution >= 0.6 is 0 Å². The second-order valence-electron chi connectivity index (χ2n) is 6.09. The lowest BCUT2D eigenvalue weighted by Crippen LogP contribution is -2.59. The highest BCUT2D eigenvalue weighted by atomic mass is 16.5. The van der Waals surface area contributed by atoms with E-state index in [-0.39, 0.29) is 12.1 Å². The lowest BCUT2D eigenvalue weighted by molar-refractivity contribution is -0.146. The normalized spacial score (nSPS) is 34.0. The number of carboxylic acids is 1. The van der Waals surface area contributed by atoms with E-state index in [0.717, 1.165) is 19.3 Å². The van der Waals surface area contributed by atoms with E-state index in [2.05, 4.69) is 12.2 Å². The van der Waals surface area contributed by atoms with Crippen LogP contribution < -0.4 is 5.32 Å². The van der Waals surface area contributed by atoms with Crippen LogP contribution in [0.25, 0.3) is 0 Å². The Morgan fingerprint density at radius 1 is 1.30 bits per heavy atom. The summed E-state index contributed by atoms with van der Waals surface area (Å²) in [7, 11) is 1.63. The summed E-state index contributed by atoms with van der Waals surface area (Å²) in [6.45, 7) is 3.28. The first-order chi connectivity index (χ1) is 9.47. The number of amides is 2. The van der Waals surface area contributed by atoms with Crippen molar-refractivity contribution in [1.29, 1.82) is 0 Å². The van der Waals surface area contributed by atoms with Crippen LogP contribution in [0.4, 0.5) is 4.79 Å². The Balaban J connectivity index is 1.98. The van der Waals surface area contributed by atoms with E-state index in [4.69, 9.17) is 4.74 Å². The summed E-state index contributed by atoms with van der Waals surface area (Å²) in [6, 6.07) is -0.276. The third kappa shape index (κ3) is 3.06. The van der Waals surface area contributed by atoms with E-state index in [1.165, 1.54) is 0 Å². The first-order valence-corrected chi connectivity index (χ1v) is 7.30. The molecule has 0 aromatic heterocycles. The number of hydrogen-bond donors (Lipinski definition) is 2. The zero-order chi connectivity index (χ0) is 14.8. The van der Waals surface area contributed by atoms with Gasteiger partial charge in [-0.1, -0.05) is 6.92 Å². The highest BCUT2D eigenvalue weighted by molar-refractivity contribution is 5.86. The summed E-state index contributed by atoms with van der Waals surface area (Å²) in [5.74, 6) is -0.385. The molecule has 0 aromatic carbocycles. The predicted molar refractivity (Wildman–Crippen MR) is 73.5 cm³/mol. The number of carboxylic acid groups (broad SMARTS) is 1. The molecule has 0 spiro atoms. The van der Waals surface area contributed by atoms with Crippen molar-refractivity contribution in [2.45, 2.75) is 50.7 Å². The van der Waals surface area contributed by atoms with Crippen molar-refractivity contribution in [3.05, 3.63) is 0 Å². The zero-order valence-corrected chi connectivity index (χ0v) is 12.2. The molecule has 1 atom stereocenters. The van der Waals surface area contributed by atoms with Gasteiger partial charge < -0.3 is 20.1 Å². The Hall–Kier alpha value is -1.30. The molecule has 1 unspecified atom stereocenters. The van der Waals surface area contributed by atoms with Crippen molar-refractivity contribution in [3.63, 3.8) is 0 Å². The summed E-state index contributed by atoms with van der Waals surface area (Å²) in [5, 5.41) is 12.3. The molecular formula is C14H24N2O4. The van der Waals surface area contributed by atoms with Crippen LogP contribution in [-0.4, -0.2) is 53.8 Å². The maximum atomic E-state index is 12.3. The quantitative estimate of drug-likeness (QED) is 0.822. The van der Waals surface area contributed by atoms with Crippen LogP contribution in [0.2, 0.25) is 0 Å². The molecule has 20 heavy (non-hydrogen) atoms. The number of rotatable bonds is 3. The van der Waals surface area contributed by atoms with Crippen LogP contribution in [0.3, 0.4) is 0 Å². The van der Waals surface area contributed by atoms with Gasteiger partial charge in [0.25, 0.3) is 0 Å². The summed E-state index contributed by atoms with van der Waals surface area (Å²) in [6.07, 6.45) is 3.57. The molecule has 6 nitrogen and oxygen atoms in total. The van der Waals surface area contributed by atoms with E-state index in [0.29, 0.717) is 31.8 Å². The molecule has 1 saturated heterocycles. The van der Waals surface area contributed by atoms with Gasteiger partial charge in [0, 0.05) is 20.2 Å². The minimum Gasteiger partial charge on any atom is -0.480 e. The summed E-state index contributed by atoms with van der Waals surface area (Å²) < 4.78 is 5.23. The maximum Gasteiger partial charge on any atom is 0.329 e. The van der Waals surface area contributed by atoms with Gasteiger partial charge in [0.1, 0.15) is 5.54 Å². The molecule has 2 amide bonds. The van der Waals surface area contributed by atoms with Crippen molar-refractivity contribution in [3.8, 4) is 0 Å². The molecule has 114 valence electrons. The number of urea groups is 1. The van der Waals surface area contributed by atoms with Crippen LogP contribution in [0.1, 0.15) is 39.0 Å². The third-order valence-corrected chi connectivity index (χ3v) is 4.65. The van der Waals surface area contributed by atoms with Crippen molar-refractivity contribution in [2.24, 2.45) is 5.92 Å². The topological polar surface area (TPSA) is 78.9 Å². The van der Waals surface area contributed by atoms with E-state index >= 15 is 0 Å². The van der Waals surface area contributed by atoms with Gasteiger partial charge in [0.2, 0.25) is 0 Å². The first-order valence-electron chi connectivity index (χ1n) is 7.30. The van der Waals surface area contributed by atoms with Crippen molar-refractivity contribution in [2.75, 3.05) is 20.2 Å². The molecule has 2 fully saturated rings. The molecule has 1 heterocycles. The van der Waals surface area contributed by atoms with Crippen molar-refractivity contribution < 1.29 is 19.4 Å². The number of nitrogens with zero attached hydrogens (tertiary/aromatic N) is 1. The fourth-order valence-corrected chi connectivity index (χ4v) is 3.04. The third-order valence-electron chi connectivity index (χ3n) is 4.65.